The predicted molar refractivity (Wildman–Crippen MR) is 44.8 cm³/mol. The number of hydrogen-bond acceptors (Lipinski definition) is 4. The molecule has 1 rings (SSSR count). The molecule has 2 N–H and O–H groups in total. The van der Waals surface area contributed by atoms with Crippen molar-refractivity contribution in [2.24, 2.45) is 0 Å². The van der Waals surface area contributed by atoms with E-state index in [-0.39, 0.29) is 5.00 Å². The molecular weight excluding hydrogens is 164 g/mol. The fourth-order valence-electron chi connectivity index (χ4n) is 0.806. The van der Waals surface area contributed by atoms with Gasteiger partial charge in [-0.15, -0.1) is 0 Å². The van der Waals surface area contributed by atoms with Gasteiger partial charge in [-0.3, -0.25) is 10.1 Å². The molecule has 0 fully saturated rings. The van der Waals surface area contributed by atoms with Gasteiger partial charge in [-0.25, -0.2) is 0 Å². The summed E-state index contributed by atoms with van der Waals surface area (Å²) in [6, 6.07) is 0. The van der Waals surface area contributed by atoms with Gasteiger partial charge in [0.25, 0.3) is 0 Å². The highest BCUT2D eigenvalue weighted by atomic mass is 32.1. The summed E-state index contributed by atoms with van der Waals surface area (Å²) < 4.78 is 0. The van der Waals surface area contributed by atoms with Crippen molar-refractivity contribution < 1.29 is 4.92 Å². The van der Waals surface area contributed by atoms with E-state index in [1.165, 1.54) is 0 Å². The summed E-state index contributed by atoms with van der Waals surface area (Å²) in [6.45, 7) is 1.92. The SMILES string of the molecule is CCc1csc([N+](=O)[O-])c1N. The van der Waals surface area contributed by atoms with Crippen molar-refractivity contribution in [3.05, 3.63) is 21.1 Å². The van der Waals surface area contributed by atoms with Crippen LogP contribution < -0.4 is 5.73 Å². The number of rotatable bonds is 2. The van der Waals surface area contributed by atoms with Crippen LogP contribution in [0.5, 0.6) is 0 Å². The Morgan fingerprint density at radius 2 is 2.45 bits per heavy atom. The maximum absolute atomic E-state index is 10.3. The number of nitro groups is 1. The third kappa shape index (κ3) is 1.32. The summed E-state index contributed by atoms with van der Waals surface area (Å²) in [5.74, 6) is 0. The molecule has 0 saturated carbocycles. The van der Waals surface area contributed by atoms with Crippen molar-refractivity contribution >= 4 is 22.0 Å². The van der Waals surface area contributed by atoms with Crippen LogP contribution in [0.2, 0.25) is 0 Å². The lowest BCUT2D eigenvalue weighted by Gasteiger charge is -1.90. The van der Waals surface area contributed by atoms with Gasteiger partial charge in [0.05, 0.1) is 4.92 Å². The van der Waals surface area contributed by atoms with Crippen LogP contribution in [0.25, 0.3) is 0 Å². The zero-order valence-corrected chi connectivity index (χ0v) is 6.85. The Labute approximate surface area is 67.8 Å². The van der Waals surface area contributed by atoms with E-state index in [1.54, 1.807) is 5.38 Å². The molecule has 1 aromatic heterocycles. The van der Waals surface area contributed by atoms with Gasteiger partial charge in [0, 0.05) is 5.38 Å². The number of nitrogen functional groups attached to an aromatic ring is 1. The average molecular weight is 172 g/mol. The number of anilines is 1. The minimum absolute atomic E-state index is 0.0573. The highest BCUT2D eigenvalue weighted by Crippen LogP contribution is 2.32. The summed E-state index contributed by atoms with van der Waals surface area (Å²) in [5.41, 5.74) is 6.67. The number of hydrogen-bond donors (Lipinski definition) is 1. The lowest BCUT2D eigenvalue weighted by Crippen LogP contribution is -1.93. The molecule has 0 aliphatic heterocycles. The number of nitrogens with two attached hydrogens (primary N) is 1. The predicted octanol–water partition coefficient (Wildman–Crippen LogP) is 1.80. The smallest absolute Gasteiger partial charge is 0.347 e. The van der Waals surface area contributed by atoms with E-state index in [2.05, 4.69) is 0 Å². The molecule has 60 valence electrons. The first kappa shape index (κ1) is 8.00. The second-order valence-electron chi connectivity index (χ2n) is 2.09. The van der Waals surface area contributed by atoms with E-state index in [9.17, 15) is 10.1 Å². The Bertz CT molecular complexity index is 282. The lowest BCUT2D eigenvalue weighted by atomic mass is 10.2. The summed E-state index contributed by atoms with van der Waals surface area (Å²) >= 11 is 1.08. The molecule has 0 radical (unpaired) electrons. The van der Waals surface area contributed by atoms with Crippen LogP contribution in [0, 0.1) is 10.1 Å². The van der Waals surface area contributed by atoms with Gasteiger partial charge in [-0.1, -0.05) is 18.3 Å². The Morgan fingerprint density at radius 3 is 2.73 bits per heavy atom. The fourth-order valence-corrected chi connectivity index (χ4v) is 1.70. The standard InChI is InChI=1S/C6H8N2O2S/c1-2-4-3-11-6(5(4)7)8(9)10/h3H,2,7H2,1H3. The topological polar surface area (TPSA) is 69.2 Å². The quantitative estimate of drug-likeness (QED) is 0.546. The summed E-state index contributed by atoms with van der Waals surface area (Å²) in [5, 5.41) is 12.1. The van der Waals surface area contributed by atoms with Crippen molar-refractivity contribution in [3.63, 3.8) is 0 Å². The molecule has 0 atom stereocenters. The van der Waals surface area contributed by atoms with Crippen LogP contribution in [0.1, 0.15) is 12.5 Å². The van der Waals surface area contributed by atoms with Gasteiger partial charge in [0.15, 0.2) is 0 Å². The molecule has 0 bridgehead atoms. The van der Waals surface area contributed by atoms with Crippen molar-refractivity contribution in [1.29, 1.82) is 0 Å². The van der Waals surface area contributed by atoms with Gasteiger partial charge in [0.2, 0.25) is 0 Å². The number of nitrogens with zero attached hydrogens (tertiary/aromatic N) is 1. The molecule has 0 aliphatic carbocycles. The molecule has 11 heavy (non-hydrogen) atoms. The zero-order chi connectivity index (χ0) is 8.43. The molecule has 0 aromatic carbocycles. The number of thiophene rings is 1. The first-order valence-corrected chi connectivity index (χ1v) is 4.05. The minimum Gasteiger partial charge on any atom is -0.392 e. The maximum Gasteiger partial charge on any atom is 0.347 e. The first-order valence-electron chi connectivity index (χ1n) is 3.17. The zero-order valence-electron chi connectivity index (χ0n) is 6.03. The van der Waals surface area contributed by atoms with Gasteiger partial charge >= 0.3 is 5.00 Å². The molecule has 1 heterocycles. The van der Waals surface area contributed by atoms with Crippen LogP contribution >= 0.6 is 11.3 Å². The maximum atomic E-state index is 10.3. The molecule has 0 saturated heterocycles. The fraction of sp³-hybridized carbons (Fsp3) is 0.333. The summed E-state index contributed by atoms with van der Waals surface area (Å²) in [7, 11) is 0. The first-order chi connectivity index (χ1) is 5.16. The van der Waals surface area contributed by atoms with Gasteiger partial charge in [-0.2, -0.15) is 0 Å². The van der Waals surface area contributed by atoms with E-state index in [1.807, 2.05) is 6.92 Å². The second kappa shape index (κ2) is 2.87. The molecular formula is C6H8N2O2S. The Hall–Kier alpha value is -1.10. The Balaban J connectivity index is 3.10. The average Bonchev–Trinajstić information content (AvgIpc) is 2.30. The molecule has 5 heteroatoms. The monoisotopic (exact) mass is 172 g/mol. The third-order valence-corrected chi connectivity index (χ3v) is 2.43. The van der Waals surface area contributed by atoms with E-state index >= 15 is 0 Å². The Morgan fingerprint density at radius 1 is 1.82 bits per heavy atom. The van der Waals surface area contributed by atoms with E-state index < -0.39 is 4.92 Å². The molecule has 4 nitrogen and oxygen atoms in total. The van der Waals surface area contributed by atoms with Crippen LogP contribution in [0.3, 0.4) is 0 Å². The normalized spacial score (nSPS) is 9.91. The molecule has 0 spiro atoms. The summed E-state index contributed by atoms with van der Waals surface area (Å²) in [4.78, 5) is 9.84. The van der Waals surface area contributed by atoms with E-state index in [4.69, 9.17) is 5.73 Å². The third-order valence-electron chi connectivity index (χ3n) is 1.44. The molecule has 0 unspecified atom stereocenters. The van der Waals surface area contributed by atoms with Gasteiger partial charge in [-0.05, 0) is 12.0 Å². The highest BCUT2D eigenvalue weighted by molar-refractivity contribution is 7.14. The van der Waals surface area contributed by atoms with Crippen LogP contribution in [0.4, 0.5) is 10.7 Å². The largest absolute Gasteiger partial charge is 0.392 e. The van der Waals surface area contributed by atoms with Crippen LogP contribution in [0.15, 0.2) is 5.38 Å². The van der Waals surface area contributed by atoms with Gasteiger partial charge in [0.1, 0.15) is 5.69 Å². The van der Waals surface area contributed by atoms with Crippen molar-refractivity contribution in [3.8, 4) is 0 Å². The molecule has 0 aliphatic rings. The van der Waals surface area contributed by atoms with Gasteiger partial charge < -0.3 is 5.73 Å². The van der Waals surface area contributed by atoms with Crippen LogP contribution in [-0.4, -0.2) is 4.92 Å². The summed E-state index contributed by atoms with van der Waals surface area (Å²) in [6.07, 6.45) is 0.746. The van der Waals surface area contributed by atoms with Crippen molar-refractivity contribution in [2.45, 2.75) is 13.3 Å². The highest BCUT2D eigenvalue weighted by Gasteiger charge is 2.16. The van der Waals surface area contributed by atoms with Crippen molar-refractivity contribution in [1.82, 2.24) is 0 Å². The second-order valence-corrected chi connectivity index (χ2v) is 2.95. The minimum atomic E-state index is -0.445. The number of aryl methyl sites for hydroxylation is 1. The molecule has 0 amide bonds. The van der Waals surface area contributed by atoms with Crippen LogP contribution in [-0.2, 0) is 6.42 Å². The van der Waals surface area contributed by atoms with E-state index in [0.29, 0.717) is 5.69 Å². The Kier molecular flexibility index (Phi) is 2.09. The van der Waals surface area contributed by atoms with E-state index in [0.717, 1.165) is 23.3 Å². The molecule has 1 aromatic rings. The van der Waals surface area contributed by atoms with Crippen molar-refractivity contribution in [2.75, 3.05) is 5.73 Å². The lowest BCUT2D eigenvalue weighted by molar-refractivity contribution is -0.379.